The van der Waals surface area contributed by atoms with Gasteiger partial charge in [0.25, 0.3) is 0 Å². The first-order valence-electron chi connectivity index (χ1n) is 43.2. The van der Waals surface area contributed by atoms with Gasteiger partial charge in [-0.2, -0.15) is 0 Å². The van der Waals surface area contributed by atoms with Gasteiger partial charge in [-0.3, -0.25) is 48.5 Å². The molecule has 0 aliphatic carbocycles. The minimum absolute atomic E-state index is 0.335. The summed E-state index contributed by atoms with van der Waals surface area (Å²) in [5.41, 5.74) is 10.0. The molecule has 10 atom stereocenters. The molecule has 5 aromatic carbocycles. The Balaban J connectivity index is 0.000000158. The molecule has 0 aromatic heterocycles. The second-order valence-corrected chi connectivity index (χ2v) is 31.7. The highest BCUT2D eigenvalue weighted by atomic mass is 16.6. The average molecular weight is 1820 g/mol. The van der Waals surface area contributed by atoms with Crippen LogP contribution in [-0.2, 0) is 137 Å². The second-order valence-electron chi connectivity index (χ2n) is 31.7. The van der Waals surface area contributed by atoms with Gasteiger partial charge in [0.2, 0.25) is 0 Å². The molecule has 37 heteroatoms. The van der Waals surface area contributed by atoms with Crippen molar-refractivity contribution in [1.29, 1.82) is 0 Å². The first-order chi connectivity index (χ1) is 63.5. The maximum atomic E-state index is 12.6. The number of hydrogen-bond donors (Lipinski definition) is 5. The largest absolute Gasteiger partial charge is 0.497 e. The summed E-state index contributed by atoms with van der Waals surface area (Å²) >= 11 is 0. The Morgan fingerprint density at radius 1 is 0.313 bits per heavy atom. The van der Waals surface area contributed by atoms with Crippen molar-refractivity contribution in [2.45, 2.75) is 171 Å². The van der Waals surface area contributed by atoms with Crippen molar-refractivity contribution in [2.24, 2.45) is 0 Å². The molecule has 0 bridgehead atoms. The number of carbonyl (C=O) groups excluding carboxylic acids is 10. The van der Waals surface area contributed by atoms with Crippen molar-refractivity contribution in [3.8, 4) is 40.2 Å². The van der Waals surface area contributed by atoms with E-state index in [1.165, 1.54) is 35.5 Å². The molecule has 5 fully saturated rings. The lowest BCUT2D eigenvalue weighted by molar-refractivity contribution is -0.143. The number of nitrogens with zero attached hydrogens (tertiary/aromatic N) is 5. The molecular weight excluding hydrogens is 1700 g/mol. The van der Waals surface area contributed by atoms with Crippen LogP contribution in [0.5, 0.6) is 40.2 Å². The molecule has 0 spiro atoms. The molecule has 5 saturated heterocycles. The van der Waals surface area contributed by atoms with Gasteiger partial charge in [-0.1, -0.05) is 92.6 Å². The number of methoxy groups -OCH3 is 7. The summed E-state index contributed by atoms with van der Waals surface area (Å²) < 4.78 is 90.7. The molecule has 37 nitrogen and oxygen atoms in total. The first kappa shape index (κ1) is 98.5. The van der Waals surface area contributed by atoms with Gasteiger partial charge in [0.1, 0.15) is 109 Å². The molecule has 15 rings (SSSR count). The highest BCUT2D eigenvalue weighted by Crippen LogP contribution is 2.41. The second kappa shape index (κ2) is 48.5. The smallest absolute Gasteiger partial charge is 0.410 e. The van der Waals surface area contributed by atoms with Gasteiger partial charge in [-0.25, -0.2) is 24.0 Å². The van der Waals surface area contributed by atoms with E-state index in [2.05, 4.69) is 59.5 Å². The van der Waals surface area contributed by atoms with Gasteiger partial charge in [0.05, 0.1) is 95.7 Å². The lowest BCUT2D eigenvalue weighted by Crippen LogP contribution is -2.31. The minimum atomic E-state index is -0.438. The lowest BCUT2D eigenvalue weighted by Gasteiger charge is -2.19. The third-order valence-corrected chi connectivity index (χ3v) is 23.0. The number of carbonyl (C=O) groups is 10. The van der Waals surface area contributed by atoms with Gasteiger partial charge >= 0.3 is 60.3 Å². The fourth-order valence-corrected chi connectivity index (χ4v) is 16.3. The first-order valence-corrected chi connectivity index (χ1v) is 43.2. The Hall–Kier alpha value is -13.1. The Bertz CT molecular complexity index is 4750. The summed E-state index contributed by atoms with van der Waals surface area (Å²) in [6.07, 6.45) is 8.53. The molecule has 10 aliphatic rings. The van der Waals surface area contributed by atoms with Crippen LogP contribution in [0.3, 0.4) is 0 Å². The Kier molecular flexibility index (Phi) is 36.5. The molecule has 0 saturated carbocycles. The third-order valence-electron chi connectivity index (χ3n) is 23.0. The quantitative estimate of drug-likeness (QED) is 0.0129. The van der Waals surface area contributed by atoms with Gasteiger partial charge < -0.3 is 107 Å². The van der Waals surface area contributed by atoms with Crippen molar-refractivity contribution in [2.75, 3.05) is 116 Å². The van der Waals surface area contributed by atoms with Gasteiger partial charge in [-0.05, 0) is 71.0 Å². The summed E-state index contributed by atoms with van der Waals surface area (Å²) in [5, 5.41) is 15.0. The molecule has 0 radical (unpaired) electrons. The third kappa shape index (κ3) is 26.2. The summed E-state index contributed by atoms with van der Waals surface area (Å²) in [5.74, 6) is 3.24. The fraction of sp³-hybridized carbons (Fsp3) is 0.468. The molecule has 5 aromatic rings. The van der Waals surface area contributed by atoms with Crippen LogP contribution in [0.15, 0.2) is 142 Å². The Labute approximate surface area is 761 Å². The summed E-state index contributed by atoms with van der Waals surface area (Å²) in [7, 11) is 9.88. The predicted molar refractivity (Wildman–Crippen MR) is 473 cm³/mol. The van der Waals surface area contributed by atoms with Crippen molar-refractivity contribution >= 4 is 60.3 Å². The monoisotopic (exact) mass is 1820 g/mol. The minimum Gasteiger partial charge on any atom is -0.497 e. The Morgan fingerprint density at radius 2 is 0.603 bits per heavy atom. The van der Waals surface area contributed by atoms with E-state index in [9.17, 15) is 47.9 Å². The number of nitrogens with one attached hydrogen (secondary N) is 5. The van der Waals surface area contributed by atoms with Gasteiger partial charge in [-0.15, -0.1) is 13.2 Å². The Morgan fingerprint density at radius 3 is 0.908 bits per heavy atom. The van der Waals surface area contributed by atoms with Crippen molar-refractivity contribution in [3.05, 3.63) is 198 Å². The number of fused-ring (bicyclic) bond motifs is 5. The average Bonchev–Trinajstić information content (AvgIpc) is 1.70. The summed E-state index contributed by atoms with van der Waals surface area (Å²) in [6, 6.07) is 22.8. The number of esters is 5. The molecular formula is C94H118N10O27. The van der Waals surface area contributed by atoms with E-state index in [1.54, 1.807) is 63.0 Å². The van der Waals surface area contributed by atoms with E-state index in [0.717, 1.165) is 85.7 Å². The lowest BCUT2D eigenvalue weighted by atomic mass is 10.1. The van der Waals surface area contributed by atoms with Gasteiger partial charge in [0, 0.05) is 131 Å². The zero-order valence-electron chi connectivity index (χ0n) is 75.1. The molecule has 10 aliphatic heterocycles. The number of amides is 5. The van der Waals surface area contributed by atoms with E-state index in [-0.39, 0.29) is 78.6 Å². The number of benzene rings is 5. The van der Waals surface area contributed by atoms with Crippen LogP contribution in [0.25, 0.3) is 0 Å². The highest BCUT2D eigenvalue weighted by molar-refractivity contribution is 5.80. The maximum absolute atomic E-state index is 12.6. The van der Waals surface area contributed by atoms with E-state index >= 15 is 0 Å². The van der Waals surface area contributed by atoms with Crippen molar-refractivity contribution in [3.63, 3.8) is 0 Å². The molecule has 5 N–H and O–H groups in total. The van der Waals surface area contributed by atoms with E-state index in [4.69, 9.17) is 80.5 Å². The van der Waals surface area contributed by atoms with Crippen LogP contribution in [0, 0.1) is 0 Å². The molecule has 5 amide bonds. The van der Waals surface area contributed by atoms with Crippen LogP contribution in [0.4, 0.5) is 24.0 Å². The van der Waals surface area contributed by atoms with E-state index < -0.39 is 42.4 Å². The zero-order valence-corrected chi connectivity index (χ0v) is 75.1. The van der Waals surface area contributed by atoms with Gasteiger partial charge in [0.15, 0.2) is 11.5 Å². The van der Waals surface area contributed by atoms with E-state index in [1.807, 2.05) is 84.9 Å². The fourth-order valence-electron chi connectivity index (χ4n) is 16.3. The van der Waals surface area contributed by atoms with Crippen LogP contribution in [0.2, 0.25) is 0 Å². The molecule has 706 valence electrons. The topological polar surface area (TPSA) is 404 Å². The zero-order chi connectivity index (χ0) is 93.6. The van der Waals surface area contributed by atoms with Crippen LogP contribution >= 0.6 is 0 Å². The molecule has 0 unspecified atom stereocenters. The SMILES string of the molecule is C=CCCOc1cccc2c1CN(C(=O)O[C@H]1CN[C@H](C(=O)OC)C1)C2.C=CCCOc1cccc2c1CN(C(=O)O[C@H]1CN[C@H](C(=O)OC)C1)C2.C=CCOc1c(OC)ccc2c1CN(C(=O)O[C@H]1CN[C@H](C(=O)OC)C1)C2.C=CCOc1cc(OC)cc2c1CN(C(=O)O[C@H]1CN[C@H](C(=O)OC)C1)C2.C=CCOc1cccc2c1CN(C(=O)O[C@H]1CN[C@H](C(=O)OC)C1)C2. The van der Waals surface area contributed by atoms with Crippen molar-refractivity contribution < 1.29 is 128 Å². The molecule has 131 heavy (non-hydrogen) atoms. The number of rotatable bonds is 29. The summed E-state index contributed by atoms with van der Waals surface area (Å²) in [6.45, 7) is 27.2. The highest BCUT2D eigenvalue weighted by Gasteiger charge is 2.42. The maximum Gasteiger partial charge on any atom is 0.410 e. The molecule has 10 heterocycles. The van der Waals surface area contributed by atoms with Crippen LogP contribution in [0.1, 0.15) is 101 Å². The van der Waals surface area contributed by atoms with Crippen molar-refractivity contribution in [1.82, 2.24) is 51.1 Å². The number of ether oxygens (including phenoxy) is 17. The number of hydrogen-bond acceptors (Lipinski definition) is 32. The normalized spacial score (nSPS) is 21.1. The summed E-state index contributed by atoms with van der Waals surface area (Å²) in [4.78, 5) is 128. The van der Waals surface area contributed by atoms with E-state index in [0.29, 0.717) is 186 Å². The van der Waals surface area contributed by atoms with Crippen LogP contribution in [-0.4, -0.2) is 261 Å². The predicted octanol–water partition coefficient (Wildman–Crippen LogP) is 8.83. The standard InChI is InChI=1S/2C19H24N2O6.2C19H24N2O5.C18H22N2O5/c1-4-7-26-17-14-11-21(10-12(14)5-6-16(17)24-2)19(23)27-13-8-15(20-9-13)18(22)25-3;1-4-5-26-17-8-13(24-2)6-12-10-21(11-15(12)17)19(23)27-14-7-16(20-9-14)18(22)25-3;2*1-3-4-8-25-17-7-5-6-13-11-21(12-15(13)17)19(23)26-14-9-16(20-10-14)18(22)24-2;1-3-7-24-16-6-4-5-12-10-20(11-14(12)16)18(22)25-13-8-15(19-9-13)17(21)23-2/h4-6,13,15,20H,1,7-11H2,2-3H3;4,6,8,14,16,20H,1,5,7,9-11H2,2-3H3;2*3,5-7,14,16,20H,1,4,8-12H2,2H3;3-6,13,15,19H,1,7-11H2,2H3/t13-,15+;3*14-,16+;13-,15+/m11111/s1. The van der Waals surface area contributed by atoms with Crippen LogP contribution < -0.4 is 59.7 Å².